The third kappa shape index (κ3) is 2.21. The molecule has 1 N–H and O–H groups in total. The minimum atomic E-state index is -0.271. The van der Waals surface area contributed by atoms with Crippen LogP contribution in [0.15, 0.2) is 16.7 Å². The number of aromatic nitrogens is 2. The number of hydrogen-bond donors (Lipinski definition) is 1. The highest BCUT2D eigenvalue weighted by molar-refractivity contribution is 7.05. The van der Waals surface area contributed by atoms with E-state index >= 15 is 0 Å². The van der Waals surface area contributed by atoms with E-state index in [9.17, 15) is 4.79 Å². The first kappa shape index (κ1) is 9.85. The molecule has 0 bridgehead atoms. The van der Waals surface area contributed by atoms with Crippen molar-refractivity contribution in [3.8, 4) is 0 Å². The van der Waals surface area contributed by atoms with Crippen molar-refractivity contribution in [2.75, 3.05) is 5.32 Å². The smallest absolute Gasteiger partial charge is 0.276 e. The van der Waals surface area contributed by atoms with Crippen LogP contribution in [0.25, 0.3) is 0 Å². The Hall–Kier alpha value is -1.69. The summed E-state index contributed by atoms with van der Waals surface area (Å²) >= 11 is 1.29. The van der Waals surface area contributed by atoms with Gasteiger partial charge in [0.2, 0.25) is 0 Å². The molecule has 0 fully saturated rings. The maximum absolute atomic E-state index is 11.6. The Labute approximate surface area is 90.3 Å². The molecule has 15 heavy (non-hydrogen) atoms. The van der Waals surface area contributed by atoms with Crippen molar-refractivity contribution < 1.29 is 9.32 Å². The van der Waals surface area contributed by atoms with E-state index in [2.05, 4.69) is 14.8 Å². The molecule has 0 saturated heterocycles. The Bertz CT molecular complexity index is 489. The standard InChI is InChI=1S/C9H9N3O2S/c1-5-3-8(11-14-5)10-9(13)7-4-6(2)15-12-7/h3-4H,1-2H3,(H,10,11,13). The summed E-state index contributed by atoms with van der Waals surface area (Å²) < 4.78 is 8.81. The van der Waals surface area contributed by atoms with Gasteiger partial charge >= 0.3 is 0 Å². The molecular formula is C9H9N3O2S. The van der Waals surface area contributed by atoms with Gasteiger partial charge in [0.15, 0.2) is 5.82 Å². The van der Waals surface area contributed by atoms with Gasteiger partial charge < -0.3 is 9.84 Å². The van der Waals surface area contributed by atoms with E-state index in [4.69, 9.17) is 4.52 Å². The molecule has 2 aromatic rings. The number of carbonyl (C=O) groups is 1. The van der Waals surface area contributed by atoms with Crippen LogP contribution in [-0.4, -0.2) is 15.4 Å². The van der Waals surface area contributed by atoms with Crippen LogP contribution < -0.4 is 5.32 Å². The highest BCUT2D eigenvalue weighted by Gasteiger charge is 2.11. The molecule has 5 nitrogen and oxygen atoms in total. The van der Waals surface area contributed by atoms with E-state index < -0.39 is 0 Å². The summed E-state index contributed by atoms with van der Waals surface area (Å²) in [4.78, 5) is 12.6. The van der Waals surface area contributed by atoms with Crippen molar-refractivity contribution in [3.05, 3.63) is 28.5 Å². The fraction of sp³-hybridized carbons (Fsp3) is 0.222. The second-order valence-electron chi connectivity index (χ2n) is 3.10. The monoisotopic (exact) mass is 223 g/mol. The average Bonchev–Trinajstić information content (AvgIpc) is 2.75. The van der Waals surface area contributed by atoms with E-state index in [0.717, 1.165) is 4.88 Å². The molecule has 6 heteroatoms. The van der Waals surface area contributed by atoms with E-state index in [1.807, 2.05) is 6.92 Å². The molecule has 2 aromatic heterocycles. The van der Waals surface area contributed by atoms with Gasteiger partial charge in [0.1, 0.15) is 11.5 Å². The van der Waals surface area contributed by atoms with Gasteiger partial charge in [-0.2, -0.15) is 4.37 Å². The lowest BCUT2D eigenvalue weighted by Crippen LogP contribution is -2.12. The zero-order valence-electron chi connectivity index (χ0n) is 8.27. The van der Waals surface area contributed by atoms with E-state index in [1.54, 1.807) is 19.1 Å². The van der Waals surface area contributed by atoms with Crippen LogP contribution in [0.4, 0.5) is 5.82 Å². The number of nitrogens with zero attached hydrogens (tertiary/aromatic N) is 2. The SMILES string of the molecule is Cc1cc(NC(=O)c2cc(C)sn2)no1. The first-order chi connectivity index (χ1) is 7.15. The molecule has 0 aliphatic carbocycles. The summed E-state index contributed by atoms with van der Waals surface area (Å²) in [5.74, 6) is 0.788. The van der Waals surface area contributed by atoms with Gasteiger partial charge in [0, 0.05) is 10.9 Å². The van der Waals surface area contributed by atoms with Gasteiger partial charge in [-0.3, -0.25) is 4.79 Å². The third-order valence-corrected chi connectivity index (χ3v) is 2.42. The van der Waals surface area contributed by atoms with Crippen LogP contribution in [0.3, 0.4) is 0 Å². The molecule has 0 unspecified atom stereocenters. The average molecular weight is 223 g/mol. The minimum Gasteiger partial charge on any atom is -0.360 e. The lowest BCUT2D eigenvalue weighted by Gasteiger charge is -1.95. The van der Waals surface area contributed by atoms with Crippen LogP contribution in [0.2, 0.25) is 0 Å². The van der Waals surface area contributed by atoms with Crippen LogP contribution in [0.1, 0.15) is 21.1 Å². The van der Waals surface area contributed by atoms with Gasteiger partial charge in [0.05, 0.1) is 0 Å². The maximum Gasteiger partial charge on any atom is 0.276 e. The molecule has 0 atom stereocenters. The lowest BCUT2D eigenvalue weighted by molar-refractivity contribution is 0.102. The summed E-state index contributed by atoms with van der Waals surface area (Å²) in [5.41, 5.74) is 0.401. The van der Waals surface area contributed by atoms with Gasteiger partial charge in [-0.15, -0.1) is 0 Å². The Balaban J connectivity index is 2.10. The topological polar surface area (TPSA) is 68.0 Å². The van der Waals surface area contributed by atoms with Gasteiger partial charge in [-0.05, 0) is 31.4 Å². The summed E-state index contributed by atoms with van der Waals surface area (Å²) in [7, 11) is 0. The van der Waals surface area contributed by atoms with E-state index in [-0.39, 0.29) is 5.91 Å². The maximum atomic E-state index is 11.6. The van der Waals surface area contributed by atoms with Crippen LogP contribution in [0.5, 0.6) is 0 Å². The predicted molar refractivity (Wildman–Crippen MR) is 56.0 cm³/mol. The van der Waals surface area contributed by atoms with Crippen LogP contribution in [0, 0.1) is 13.8 Å². The summed E-state index contributed by atoms with van der Waals surface area (Å²) in [6.07, 6.45) is 0. The van der Waals surface area contributed by atoms with Gasteiger partial charge in [-0.25, -0.2) is 0 Å². The first-order valence-corrected chi connectivity index (χ1v) is 5.10. The van der Waals surface area contributed by atoms with Crippen molar-refractivity contribution in [1.82, 2.24) is 9.53 Å². The van der Waals surface area contributed by atoms with E-state index in [0.29, 0.717) is 17.3 Å². The van der Waals surface area contributed by atoms with E-state index in [1.165, 1.54) is 11.5 Å². The van der Waals surface area contributed by atoms with Crippen LogP contribution >= 0.6 is 11.5 Å². The molecule has 1 amide bonds. The van der Waals surface area contributed by atoms with Crippen LogP contribution in [-0.2, 0) is 0 Å². The van der Waals surface area contributed by atoms with Crippen molar-refractivity contribution in [3.63, 3.8) is 0 Å². The number of rotatable bonds is 2. The number of aryl methyl sites for hydroxylation is 2. The zero-order valence-corrected chi connectivity index (χ0v) is 9.09. The lowest BCUT2D eigenvalue weighted by atomic mass is 10.3. The Morgan fingerprint density at radius 2 is 2.27 bits per heavy atom. The molecule has 78 valence electrons. The molecular weight excluding hydrogens is 214 g/mol. The van der Waals surface area contributed by atoms with Crippen molar-refractivity contribution >= 4 is 23.3 Å². The molecule has 0 aliphatic rings. The van der Waals surface area contributed by atoms with Gasteiger partial charge in [-0.1, -0.05) is 5.16 Å². The second kappa shape index (κ2) is 3.82. The molecule has 0 aromatic carbocycles. The third-order valence-electron chi connectivity index (χ3n) is 1.73. The van der Waals surface area contributed by atoms with Crippen molar-refractivity contribution in [1.29, 1.82) is 0 Å². The highest BCUT2D eigenvalue weighted by atomic mass is 32.1. The highest BCUT2D eigenvalue weighted by Crippen LogP contribution is 2.11. The number of nitrogens with one attached hydrogen (secondary N) is 1. The molecule has 2 heterocycles. The summed E-state index contributed by atoms with van der Waals surface area (Å²) in [6, 6.07) is 3.38. The summed E-state index contributed by atoms with van der Waals surface area (Å²) in [5, 5.41) is 6.25. The second-order valence-corrected chi connectivity index (χ2v) is 4.11. The summed E-state index contributed by atoms with van der Waals surface area (Å²) in [6.45, 7) is 3.66. The predicted octanol–water partition coefficient (Wildman–Crippen LogP) is 2.00. The largest absolute Gasteiger partial charge is 0.360 e. The molecule has 0 aliphatic heterocycles. The number of amides is 1. The molecule has 0 radical (unpaired) electrons. The van der Waals surface area contributed by atoms with Crippen molar-refractivity contribution in [2.24, 2.45) is 0 Å². The fourth-order valence-corrected chi connectivity index (χ4v) is 1.62. The Morgan fingerprint density at radius 1 is 1.47 bits per heavy atom. The Morgan fingerprint density at radius 3 is 2.80 bits per heavy atom. The molecule has 2 rings (SSSR count). The van der Waals surface area contributed by atoms with Crippen molar-refractivity contribution in [2.45, 2.75) is 13.8 Å². The number of hydrogen-bond acceptors (Lipinski definition) is 5. The van der Waals surface area contributed by atoms with Gasteiger partial charge in [0.25, 0.3) is 5.91 Å². The minimum absolute atomic E-state index is 0.271. The molecule has 0 spiro atoms. The quantitative estimate of drug-likeness (QED) is 0.845. The fourth-order valence-electron chi connectivity index (χ4n) is 1.08. The molecule has 0 saturated carbocycles. The zero-order chi connectivity index (χ0) is 10.8. The first-order valence-electron chi connectivity index (χ1n) is 4.33. The Kier molecular flexibility index (Phi) is 2.51. The normalized spacial score (nSPS) is 10.3. The number of anilines is 1. The number of carbonyl (C=O) groups excluding carboxylic acids is 1.